The van der Waals surface area contributed by atoms with Gasteiger partial charge in [-0.1, -0.05) is 36.4 Å². The monoisotopic (exact) mass is 371 g/mol. The number of rotatable bonds is 6. The molecule has 0 bridgehead atoms. The zero-order valence-electron chi connectivity index (χ0n) is 14.1. The Morgan fingerprint density at radius 1 is 0.852 bits per heavy atom. The number of benzene rings is 3. The first-order valence-electron chi connectivity index (χ1n) is 8.04. The number of hydrogen-bond acceptors (Lipinski definition) is 4. The molecule has 3 aromatic carbocycles. The predicted octanol–water partition coefficient (Wildman–Crippen LogP) is 3.68. The van der Waals surface area contributed by atoms with Gasteiger partial charge in [-0.05, 0) is 35.0 Å². The van der Waals surface area contributed by atoms with Crippen LogP contribution in [0.4, 0.5) is 14.5 Å². The molecule has 0 aromatic heterocycles. The fourth-order valence-corrected chi connectivity index (χ4v) is 2.38. The molecule has 138 valence electrons. The molecule has 0 heterocycles. The normalized spacial score (nSPS) is 10.4. The van der Waals surface area contributed by atoms with Gasteiger partial charge in [0.2, 0.25) is 0 Å². The SMILES string of the molecule is O=C(COC(=O)COc1ccc2ccccc2c1)Nc1c(F)cccc1F. The van der Waals surface area contributed by atoms with Gasteiger partial charge in [0.15, 0.2) is 13.2 Å². The summed E-state index contributed by atoms with van der Waals surface area (Å²) in [5.74, 6) is -3.02. The molecule has 27 heavy (non-hydrogen) atoms. The molecule has 1 N–H and O–H groups in total. The summed E-state index contributed by atoms with van der Waals surface area (Å²) in [5, 5.41) is 4.01. The molecule has 7 heteroatoms. The molecule has 0 unspecified atom stereocenters. The summed E-state index contributed by atoms with van der Waals surface area (Å²) in [4.78, 5) is 23.4. The average molecular weight is 371 g/mol. The van der Waals surface area contributed by atoms with E-state index < -0.39 is 42.4 Å². The van der Waals surface area contributed by atoms with Crippen LogP contribution in [0.1, 0.15) is 0 Å². The Bertz CT molecular complexity index is 970. The van der Waals surface area contributed by atoms with Crippen molar-refractivity contribution in [1.29, 1.82) is 0 Å². The van der Waals surface area contributed by atoms with Crippen LogP contribution in [0.25, 0.3) is 10.8 Å². The third-order valence-corrected chi connectivity index (χ3v) is 3.67. The molecule has 0 spiro atoms. The zero-order valence-corrected chi connectivity index (χ0v) is 14.1. The van der Waals surface area contributed by atoms with Crippen LogP contribution in [0.15, 0.2) is 60.7 Å². The lowest BCUT2D eigenvalue weighted by atomic mass is 10.1. The van der Waals surface area contributed by atoms with Crippen LogP contribution in [0.2, 0.25) is 0 Å². The van der Waals surface area contributed by atoms with Gasteiger partial charge in [0, 0.05) is 0 Å². The number of hydrogen-bond donors (Lipinski definition) is 1. The second kappa shape index (κ2) is 8.27. The highest BCUT2D eigenvalue weighted by atomic mass is 19.1. The van der Waals surface area contributed by atoms with Gasteiger partial charge >= 0.3 is 5.97 Å². The summed E-state index contributed by atoms with van der Waals surface area (Å²) in [6.45, 7) is -1.09. The largest absolute Gasteiger partial charge is 0.482 e. The van der Waals surface area contributed by atoms with Gasteiger partial charge in [0.25, 0.3) is 5.91 Å². The van der Waals surface area contributed by atoms with Crippen molar-refractivity contribution in [2.45, 2.75) is 0 Å². The first kappa shape index (κ1) is 18.3. The van der Waals surface area contributed by atoms with Crippen molar-refractivity contribution in [1.82, 2.24) is 0 Å². The van der Waals surface area contributed by atoms with E-state index in [1.54, 1.807) is 12.1 Å². The van der Waals surface area contributed by atoms with E-state index >= 15 is 0 Å². The molecular weight excluding hydrogens is 356 g/mol. The fraction of sp³-hybridized carbons (Fsp3) is 0.100. The molecule has 1 amide bonds. The maximum absolute atomic E-state index is 13.4. The van der Waals surface area contributed by atoms with Gasteiger partial charge in [0.05, 0.1) is 0 Å². The van der Waals surface area contributed by atoms with Crippen LogP contribution in [0, 0.1) is 11.6 Å². The van der Waals surface area contributed by atoms with Crippen LogP contribution >= 0.6 is 0 Å². The standard InChI is InChI=1S/C20H15F2NO4/c21-16-6-3-7-17(22)20(16)23-18(24)11-27-19(25)12-26-15-9-8-13-4-1-2-5-14(13)10-15/h1-10H,11-12H2,(H,23,24). The Morgan fingerprint density at radius 2 is 1.56 bits per heavy atom. The summed E-state index contributed by atoms with van der Waals surface area (Å²) in [5.41, 5.74) is -0.592. The van der Waals surface area contributed by atoms with Crippen molar-refractivity contribution in [3.8, 4) is 5.75 Å². The maximum atomic E-state index is 13.4. The number of amides is 1. The fourth-order valence-electron chi connectivity index (χ4n) is 2.38. The minimum atomic E-state index is -0.922. The van der Waals surface area contributed by atoms with Crippen LogP contribution in [0.3, 0.4) is 0 Å². The summed E-state index contributed by atoms with van der Waals surface area (Å²) >= 11 is 0. The second-order valence-corrected chi connectivity index (χ2v) is 5.60. The van der Waals surface area contributed by atoms with Crippen molar-refractivity contribution < 1.29 is 27.8 Å². The van der Waals surface area contributed by atoms with Crippen molar-refractivity contribution >= 4 is 28.3 Å². The smallest absolute Gasteiger partial charge is 0.344 e. The maximum Gasteiger partial charge on any atom is 0.344 e. The van der Waals surface area contributed by atoms with Gasteiger partial charge in [-0.3, -0.25) is 4.79 Å². The van der Waals surface area contributed by atoms with E-state index in [0.717, 1.165) is 22.9 Å². The third kappa shape index (κ3) is 4.78. The predicted molar refractivity (Wildman–Crippen MR) is 95.4 cm³/mol. The third-order valence-electron chi connectivity index (χ3n) is 3.67. The Morgan fingerprint density at radius 3 is 2.30 bits per heavy atom. The van der Waals surface area contributed by atoms with Crippen molar-refractivity contribution in [3.05, 3.63) is 72.3 Å². The lowest BCUT2D eigenvalue weighted by Gasteiger charge is -2.09. The van der Waals surface area contributed by atoms with Crippen molar-refractivity contribution in [3.63, 3.8) is 0 Å². The van der Waals surface area contributed by atoms with E-state index in [9.17, 15) is 18.4 Å². The minimum absolute atomic E-state index is 0.403. The van der Waals surface area contributed by atoms with E-state index in [2.05, 4.69) is 0 Å². The molecule has 0 saturated heterocycles. The van der Waals surface area contributed by atoms with Crippen molar-refractivity contribution in [2.24, 2.45) is 0 Å². The zero-order chi connectivity index (χ0) is 19.2. The van der Waals surface area contributed by atoms with E-state index in [4.69, 9.17) is 9.47 Å². The molecule has 0 radical (unpaired) electrons. The number of carbonyl (C=O) groups excluding carboxylic acids is 2. The lowest BCUT2D eigenvalue weighted by Crippen LogP contribution is -2.24. The van der Waals surface area contributed by atoms with Crippen molar-refractivity contribution in [2.75, 3.05) is 18.5 Å². The summed E-state index contributed by atoms with van der Waals surface area (Å²) < 4.78 is 37.0. The van der Waals surface area contributed by atoms with E-state index in [1.807, 2.05) is 35.6 Å². The number of carbonyl (C=O) groups is 2. The Labute approximate surface area is 153 Å². The molecule has 0 fully saturated rings. The Hall–Kier alpha value is -3.48. The molecule has 0 atom stereocenters. The van der Waals surface area contributed by atoms with E-state index in [-0.39, 0.29) is 0 Å². The van der Waals surface area contributed by atoms with E-state index in [0.29, 0.717) is 5.75 Å². The van der Waals surface area contributed by atoms with Gasteiger partial charge in [0.1, 0.15) is 23.1 Å². The minimum Gasteiger partial charge on any atom is -0.482 e. The van der Waals surface area contributed by atoms with E-state index in [1.165, 1.54) is 6.07 Å². The van der Waals surface area contributed by atoms with Gasteiger partial charge in [-0.25, -0.2) is 13.6 Å². The summed E-state index contributed by atoms with van der Waals surface area (Å²) in [6, 6.07) is 16.2. The number of ether oxygens (including phenoxy) is 2. The Kier molecular flexibility index (Phi) is 5.61. The first-order valence-corrected chi connectivity index (χ1v) is 8.04. The van der Waals surface area contributed by atoms with Gasteiger partial charge in [-0.2, -0.15) is 0 Å². The topological polar surface area (TPSA) is 64.6 Å². The first-order chi connectivity index (χ1) is 13.0. The molecule has 0 saturated carbocycles. The van der Waals surface area contributed by atoms with Gasteiger partial charge in [-0.15, -0.1) is 0 Å². The van der Waals surface area contributed by atoms with Crippen LogP contribution in [-0.2, 0) is 14.3 Å². The highest BCUT2D eigenvalue weighted by Crippen LogP contribution is 2.20. The number of halogens is 2. The molecule has 3 aromatic rings. The number of anilines is 1. The molecule has 0 aliphatic carbocycles. The number of esters is 1. The number of fused-ring (bicyclic) bond motifs is 1. The van der Waals surface area contributed by atoms with Gasteiger partial charge < -0.3 is 14.8 Å². The van der Waals surface area contributed by atoms with Crippen LogP contribution in [0.5, 0.6) is 5.75 Å². The molecule has 3 rings (SSSR count). The Balaban J connectivity index is 1.48. The summed E-state index contributed by atoms with van der Waals surface area (Å²) in [7, 11) is 0. The highest BCUT2D eigenvalue weighted by molar-refractivity contribution is 5.93. The molecule has 0 aliphatic rings. The average Bonchev–Trinajstić information content (AvgIpc) is 2.67. The summed E-state index contributed by atoms with van der Waals surface area (Å²) in [6.07, 6.45) is 0. The quantitative estimate of drug-likeness (QED) is 0.672. The lowest BCUT2D eigenvalue weighted by molar-refractivity contribution is -0.149. The molecular formula is C20H15F2NO4. The number of para-hydroxylation sites is 1. The molecule has 5 nitrogen and oxygen atoms in total. The molecule has 0 aliphatic heterocycles. The highest BCUT2D eigenvalue weighted by Gasteiger charge is 2.14. The second-order valence-electron chi connectivity index (χ2n) is 5.60. The van der Waals surface area contributed by atoms with Crippen LogP contribution in [-0.4, -0.2) is 25.1 Å². The van der Waals surface area contributed by atoms with Crippen LogP contribution < -0.4 is 10.1 Å². The number of nitrogens with one attached hydrogen (secondary N) is 1.